The highest BCUT2D eigenvalue weighted by Crippen LogP contribution is 2.14. The highest BCUT2D eigenvalue weighted by atomic mass is 16.6. The molecule has 0 aliphatic carbocycles. The van der Waals surface area contributed by atoms with E-state index in [9.17, 15) is 19.2 Å². The largest absolute Gasteiger partial charge is 0.467 e. The monoisotopic (exact) mass is 529 g/mol. The zero-order chi connectivity index (χ0) is 27.7. The van der Waals surface area contributed by atoms with E-state index in [2.05, 4.69) is 16.6 Å². The van der Waals surface area contributed by atoms with Crippen molar-refractivity contribution >= 4 is 23.7 Å². The molecule has 0 aliphatic rings. The van der Waals surface area contributed by atoms with Gasteiger partial charge in [-0.3, -0.25) is 14.4 Å². The summed E-state index contributed by atoms with van der Waals surface area (Å²) in [5.41, 5.74) is 5.28. The van der Waals surface area contributed by atoms with Gasteiger partial charge < -0.3 is 40.1 Å². The highest BCUT2D eigenvalue weighted by molar-refractivity contribution is 5.86. The number of esters is 1. The first-order valence-electron chi connectivity index (χ1n) is 12.5. The molecule has 0 spiro atoms. The van der Waals surface area contributed by atoms with E-state index in [1.165, 1.54) is 7.11 Å². The molecule has 2 unspecified atom stereocenters. The third kappa shape index (κ3) is 21.1. The van der Waals surface area contributed by atoms with Crippen LogP contribution in [0.5, 0.6) is 0 Å². The van der Waals surface area contributed by atoms with Gasteiger partial charge in [0.05, 0.1) is 53.4 Å². The number of primary amides is 1. The zero-order valence-electron chi connectivity index (χ0n) is 22.1. The molecule has 0 aromatic carbocycles. The van der Waals surface area contributed by atoms with Crippen LogP contribution in [0.1, 0.15) is 45.4 Å². The number of nitrogens with one attached hydrogen (secondary N) is 2. The van der Waals surface area contributed by atoms with Gasteiger partial charge in [0.25, 0.3) is 0 Å². The summed E-state index contributed by atoms with van der Waals surface area (Å²) in [6.45, 7) is 5.23. The Labute approximate surface area is 219 Å². The van der Waals surface area contributed by atoms with Crippen LogP contribution in [0.2, 0.25) is 0 Å². The molecule has 12 nitrogen and oxygen atoms in total. The van der Waals surface area contributed by atoms with Crippen LogP contribution in [0.3, 0.4) is 0 Å². The van der Waals surface area contributed by atoms with E-state index >= 15 is 0 Å². The van der Waals surface area contributed by atoms with Crippen LogP contribution in [0.15, 0.2) is 0 Å². The van der Waals surface area contributed by atoms with Gasteiger partial charge in [0.1, 0.15) is 12.6 Å². The number of methoxy groups -OCH3 is 1. The minimum Gasteiger partial charge on any atom is -0.467 e. The topological polar surface area (TPSA) is 165 Å². The van der Waals surface area contributed by atoms with Crippen molar-refractivity contribution in [3.63, 3.8) is 0 Å². The molecule has 2 atom stereocenters. The number of amides is 3. The summed E-state index contributed by atoms with van der Waals surface area (Å²) in [6.07, 6.45) is 6.77. The number of terminal acetylenes is 1. The average molecular weight is 530 g/mol. The van der Waals surface area contributed by atoms with E-state index in [1.54, 1.807) is 0 Å². The molecule has 212 valence electrons. The lowest BCUT2D eigenvalue weighted by atomic mass is 9.96. The molecular weight excluding hydrogens is 486 g/mol. The van der Waals surface area contributed by atoms with Crippen molar-refractivity contribution in [2.24, 2.45) is 11.7 Å². The van der Waals surface area contributed by atoms with Crippen LogP contribution in [-0.2, 0) is 42.9 Å². The molecule has 0 radical (unpaired) electrons. The fourth-order valence-corrected chi connectivity index (χ4v) is 3.20. The molecule has 37 heavy (non-hydrogen) atoms. The maximum absolute atomic E-state index is 12.5. The highest BCUT2D eigenvalue weighted by Gasteiger charge is 2.24. The molecule has 0 heterocycles. The Kier molecular flexibility index (Phi) is 21.9. The van der Waals surface area contributed by atoms with E-state index in [0.717, 1.165) is 12.8 Å². The van der Waals surface area contributed by atoms with Gasteiger partial charge in [-0.25, -0.2) is 4.79 Å². The standard InChI is InChI=1S/C25H43N3O9/c1-4-6-7-21(25(32)33-3)28-24(31)19-20(17-22(26)29)18-23(30)27-8-10-35-12-14-37-16-15-36-13-11-34-9-5-2/h2,20-21H,4,6-19H2,1,3H3,(H2,26,29)(H,27,30)(H,28,31). The Bertz CT molecular complexity index is 697. The lowest BCUT2D eigenvalue weighted by Gasteiger charge is -2.19. The predicted molar refractivity (Wildman–Crippen MR) is 135 cm³/mol. The zero-order valence-corrected chi connectivity index (χ0v) is 22.1. The number of hydrogen-bond acceptors (Lipinski definition) is 9. The lowest BCUT2D eigenvalue weighted by molar-refractivity contribution is -0.145. The van der Waals surface area contributed by atoms with Gasteiger partial charge in [-0.05, 0) is 12.3 Å². The summed E-state index contributed by atoms with van der Waals surface area (Å²) < 4.78 is 25.9. The average Bonchev–Trinajstić information content (AvgIpc) is 2.85. The molecule has 0 aromatic rings. The summed E-state index contributed by atoms with van der Waals surface area (Å²) in [6, 6.07) is -0.770. The van der Waals surface area contributed by atoms with Crippen molar-refractivity contribution < 1.29 is 42.9 Å². The van der Waals surface area contributed by atoms with Crippen molar-refractivity contribution in [1.82, 2.24) is 10.6 Å². The van der Waals surface area contributed by atoms with Crippen LogP contribution in [-0.4, -0.2) is 96.2 Å². The fraction of sp³-hybridized carbons (Fsp3) is 0.760. The van der Waals surface area contributed by atoms with Crippen LogP contribution in [0.25, 0.3) is 0 Å². The Morgan fingerprint density at radius 1 is 0.865 bits per heavy atom. The molecule has 0 bridgehead atoms. The minimum atomic E-state index is -0.770. The molecule has 0 aromatic heterocycles. The van der Waals surface area contributed by atoms with Gasteiger partial charge in [-0.1, -0.05) is 25.7 Å². The van der Waals surface area contributed by atoms with E-state index in [0.29, 0.717) is 46.1 Å². The first kappa shape index (κ1) is 34.3. The van der Waals surface area contributed by atoms with Gasteiger partial charge >= 0.3 is 5.97 Å². The molecule has 0 saturated carbocycles. The number of rotatable bonds is 24. The Morgan fingerprint density at radius 2 is 1.43 bits per heavy atom. The van der Waals surface area contributed by atoms with Crippen molar-refractivity contribution in [2.75, 3.05) is 66.5 Å². The van der Waals surface area contributed by atoms with E-state index in [-0.39, 0.29) is 44.9 Å². The number of carbonyl (C=O) groups excluding carboxylic acids is 4. The summed E-state index contributed by atoms with van der Waals surface area (Å²) in [7, 11) is 1.25. The van der Waals surface area contributed by atoms with Crippen LogP contribution in [0, 0.1) is 18.3 Å². The number of hydrogen-bond donors (Lipinski definition) is 3. The summed E-state index contributed by atoms with van der Waals surface area (Å²) in [4.78, 5) is 48.0. The second-order valence-corrected chi connectivity index (χ2v) is 8.17. The molecule has 12 heteroatoms. The summed E-state index contributed by atoms with van der Waals surface area (Å²) in [5, 5.41) is 5.32. The molecule has 0 aliphatic heterocycles. The first-order chi connectivity index (χ1) is 17.8. The summed E-state index contributed by atoms with van der Waals surface area (Å²) in [5.74, 6) is -0.165. The van der Waals surface area contributed by atoms with E-state index in [1.807, 2.05) is 6.92 Å². The van der Waals surface area contributed by atoms with Crippen molar-refractivity contribution in [3.05, 3.63) is 0 Å². The third-order valence-electron chi connectivity index (χ3n) is 4.98. The normalized spacial score (nSPS) is 12.2. The molecule has 4 N–H and O–H groups in total. The van der Waals surface area contributed by atoms with Gasteiger partial charge in [-0.2, -0.15) is 0 Å². The molecule has 0 saturated heterocycles. The number of carbonyl (C=O) groups is 4. The van der Waals surface area contributed by atoms with Crippen molar-refractivity contribution in [3.8, 4) is 12.3 Å². The minimum absolute atomic E-state index is 0.0644. The van der Waals surface area contributed by atoms with Crippen LogP contribution >= 0.6 is 0 Å². The van der Waals surface area contributed by atoms with Gasteiger partial charge in [0.15, 0.2) is 0 Å². The van der Waals surface area contributed by atoms with E-state index < -0.39 is 29.7 Å². The quantitative estimate of drug-likeness (QED) is 0.0881. The van der Waals surface area contributed by atoms with Gasteiger partial charge in [0, 0.05) is 25.8 Å². The molecule has 0 rings (SSSR count). The van der Waals surface area contributed by atoms with Crippen LogP contribution in [0.4, 0.5) is 0 Å². The van der Waals surface area contributed by atoms with Gasteiger partial charge in [-0.15, -0.1) is 6.42 Å². The van der Waals surface area contributed by atoms with Crippen molar-refractivity contribution in [1.29, 1.82) is 0 Å². The molecule has 3 amide bonds. The smallest absolute Gasteiger partial charge is 0.328 e. The lowest BCUT2D eigenvalue weighted by Crippen LogP contribution is -2.42. The third-order valence-corrected chi connectivity index (χ3v) is 4.98. The van der Waals surface area contributed by atoms with Crippen molar-refractivity contribution in [2.45, 2.75) is 51.5 Å². The van der Waals surface area contributed by atoms with E-state index in [4.69, 9.17) is 35.8 Å². The maximum Gasteiger partial charge on any atom is 0.328 e. The number of unbranched alkanes of at least 4 members (excludes halogenated alkanes) is 1. The fourth-order valence-electron chi connectivity index (χ4n) is 3.20. The second-order valence-electron chi connectivity index (χ2n) is 8.17. The second kappa shape index (κ2) is 23.7. The number of ether oxygens (including phenoxy) is 5. The Morgan fingerprint density at radius 3 is 1.97 bits per heavy atom. The van der Waals surface area contributed by atoms with Crippen LogP contribution < -0.4 is 16.4 Å². The maximum atomic E-state index is 12.5. The molecular formula is C25H43N3O9. The number of nitrogens with two attached hydrogens (primary N) is 1. The summed E-state index contributed by atoms with van der Waals surface area (Å²) >= 11 is 0. The Hall–Kier alpha value is -2.72. The Balaban J connectivity index is 4.12. The first-order valence-corrected chi connectivity index (χ1v) is 12.5. The molecule has 0 fully saturated rings. The van der Waals surface area contributed by atoms with Gasteiger partial charge in [0.2, 0.25) is 17.7 Å². The predicted octanol–water partition coefficient (Wildman–Crippen LogP) is -0.0780. The SMILES string of the molecule is C#CCOCCOCCOCCOCCNC(=O)CC(CC(N)=O)CC(=O)NC(CCCC)C(=O)OC.